The van der Waals surface area contributed by atoms with Crippen molar-refractivity contribution in [3.63, 3.8) is 0 Å². The first-order valence-electron chi connectivity index (χ1n) is 6.12. The highest BCUT2D eigenvalue weighted by molar-refractivity contribution is 5.83. The second-order valence-corrected chi connectivity index (χ2v) is 4.11. The number of carboxylic acids is 1. The van der Waals surface area contributed by atoms with Gasteiger partial charge in [-0.25, -0.2) is 9.59 Å². The number of urea groups is 1. The summed E-state index contributed by atoms with van der Waals surface area (Å²) in [6.07, 6.45) is 3.81. The number of aliphatic carboxylic acids is 1. The van der Waals surface area contributed by atoms with Crippen LogP contribution in [0.1, 0.15) is 19.3 Å². The van der Waals surface area contributed by atoms with Crippen molar-refractivity contribution in [2.75, 3.05) is 26.3 Å². The molecule has 2 N–H and O–H groups in total. The number of amides is 2. The minimum atomic E-state index is -0.940. The van der Waals surface area contributed by atoms with E-state index in [0.29, 0.717) is 32.7 Å². The molecule has 0 aliphatic carbocycles. The number of nitrogens with one attached hydrogen (secondary N) is 1. The van der Waals surface area contributed by atoms with Crippen LogP contribution >= 0.6 is 0 Å². The van der Waals surface area contributed by atoms with Crippen LogP contribution in [0.3, 0.4) is 0 Å². The molecule has 1 unspecified atom stereocenters. The number of carbonyl (C=O) groups excluding carboxylic acids is 1. The average Bonchev–Trinajstić information content (AvgIpc) is 2.82. The van der Waals surface area contributed by atoms with Gasteiger partial charge in [0, 0.05) is 13.1 Å². The molecular formula is C12H20N2O4. The Morgan fingerprint density at radius 3 is 2.94 bits per heavy atom. The largest absolute Gasteiger partial charge is 0.480 e. The van der Waals surface area contributed by atoms with Crippen LogP contribution in [-0.2, 0) is 9.53 Å². The van der Waals surface area contributed by atoms with E-state index in [-0.39, 0.29) is 6.03 Å². The van der Waals surface area contributed by atoms with Gasteiger partial charge in [0.15, 0.2) is 0 Å². The Balaban J connectivity index is 2.20. The Morgan fingerprint density at radius 1 is 1.50 bits per heavy atom. The molecule has 2 amide bonds. The number of hydrogen-bond donors (Lipinski definition) is 2. The molecule has 1 saturated heterocycles. The van der Waals surface area contributed by atoms with Gasteiger partial charge in [0.2, 0.25) is 0 Å². The van der Waals surface area contributed by atoms with Crippen molar-refractivity contribution >= 4 is 12.0 Å². The van der Waals surface area contributed by atoms with Gasteiger partial charge in [-0.1, -0.05) is 6.08 Å². The van der Waals surface area contributed by atoms with Gasteiger partial charge in [-0.3, -0.25) is 0 Å². The Morgan fingerprint density at radius 2 is 2.28 bits per heavy atom. The molecule has 102 valence electrons. The normalized spacial score (nSPS) is 18.7. The zero-order valence-electron chi connectivity index (χ0n) is 10.4. The predicted molar refractivity (Wildman–Crippen MR) is 66.4 cm³/mol. The summed E-state index contributed by atoms with van der Waals surface area (Å²) in [5.74, 6) is -0.940. The molecule has 0 bridgehead atoms. The molecule has 0 aromatic heterocycles. The van der Waals surface area contributed by atoms with Crippen LogP contribution in [0.4, 0.5) is 4.79 Å². The third-order valence-corrected chi connectivity index (χ3v) is 2.79. The van der Waals surface area contributed by atoms with Gasteiger partial charge < -0.3 is 20.1 Å². The molecular weight excluding hydrogens is 236 g/mol. The van der Waals surface area contributed by atoms with E-state index in [1.807, 2.05) is 0 Å². The summed E-state index contributed by atoms with van der Waals surface area (Å²) in [5, 5.41) is 11.6. The summed E-state index contributed by atoms with van der Waals surface area (Å²) in [6, 6.07) is -1.01. The fraction of sp³-hybridized carbons (Fsp3) is 0.667. The van der Waals surface area contributed by atoms with Gasteiger partial charge in [0.05, 0.1) is 13.2 Å². The molecule has 1 atom stereocenters. The maximum atomic E-state index is 11.7. The summed E-state index contributed by atoms with van der Waals surface area (Å²) < 4.78 is 5.24. The molecule has 0 aromatic rings. The summed E-state index contributed by atoms with van der Waals surface area (Å²) in [6.45, 7) is 5.47. The number of nitrogens with zero attached hydrogens (tertiary/aromatic N) is 1. The summed E-state index contributed by atoms with van der Waals surface area (Å²) in [5.41, 5.74) is 0. The number of carboxylic acid groups (broad SMARTS) is 1. The molecule has 6 nitrogen and oxygen atoms in total. The fourth-order valence-electron chi connectivity index (χ4n) is 1.87. The molecule has 1 rings (SSSR count). The highest BCUT2D eigenvalue weighted by Crippen LogP contribution is 2.16. The van der Waals surface area contributed by atoms with Crippen LogP contribution in [0, 0.1) is 0 Å². The van der Waals surface area contributed by atoms with Crippen molar-refractivity contribution in [3.8, 4) is 0 Å². The van der Waals surface area contributed by atoms with Crippen molar-refractivity contribution in [1.29, 1.82) is 0 Å². The Labute approximate surface area is 107 Å². The lowest BCUT2D eigenvalue weighted by Crippen LogP contribution is -2.46. The van der Waals surface area contributed by atoms with E-state index >= 15 is 0 Å². The van der Waals surface area contributed by atoms with Crippen LogP contribution in [0.5, 0.6) is 0 Å². The first-order chi connectivity index (χ1) is 8.66. The van der Waals surface area contributed by atoms with E-state index < -0.39 is 12.0 Å². The van der Waals surface area contributed by atoms with Crippen molar-refractivity contribution in [3.05, 3.63) is 12.7 Å². The molecule has 1 heterocycles. The van der Waals surface area contributed by atoms with Crippen molar-refractivity contribution in [2.24, 2.45) is 0 Å². The van der Waals surface area contributed by atoms with Crippen LogP contribution < -0.4 is 5.32 Å². The lowest BCUT2D eigenvalue weighted by molar-refractivity contribution is -0.141. The van der Waals surface area contributed by atoms with Crippen molar-refractivity contribution < 1.29 is 19.4 Å². The number of carbonyl (C=O) groups is 2. The molecule has 0 spiro atoms. The van der Waals surface area contributed by atoms with Crippen LogP contribution in [0.25, 0.3) is 0 Å². The van der Waals surface area contributed by atoms with Gasteiger partial charge in [-0.05, 0) is 19.3 Å². The molecule has 1 fully saturated rings. The third kappa shape index (κ3) is 4.37. The first-order valence-corrected chi connectivity index (χ1v) is 6.12. The SMILES string of the molecule is C=CCCOCCNC(=O)N1CCCC1C(=O)O. The van der Waals surface area contributed by atoms with E-state index in [0.717, 1.165) is 12.8 Å². The highest BCUT2D eigenvalue weighted by Gasteiger charge is 2.33. The molecule has 0 saturated carbocycles. The summed E-state index contributed by atoms with van der Waals surface area (Å²) >= 11 is 0. The fourth-order valence-corrected chi connectivity index (χ4v) is 1.87. The van der Waals surface area contributed by atoms with Gasteiger partial charge in [-0.2, -0.15) is 0 Å². The van der Waals surface area contributed by atoms with E-state index in [2.05, 4.69) is 11.9 Å². The minimum absolute atomic E-state index is 0.327. The quantitative estimate of drug-likeness (QED) is 0.522. The van der Waals surface area contributed by atoms with Crippen molar-refractivity contribution in [1.82, 2.24) is 10.2 Å². The van der Waals surface area contributed by atoms with Gasteiger partial charge in [0.1, 0.15) is 6.04 Å². The number of hydrogen-bond acceptors (Lipinski definition) is 3. The molecule has 6 heteroatoms. The molecule has 0 radical (unpaired) electrons. The average molecular weight is 256 g/mol. The first kappa shape index (κ1) is 14.5. The van der Waals surface area contributed by atoms with Gasteiger partial charge in [-0.15, -0.1) is 6.58 Å². The van der Waals surface area contributed by atoms with Gasteiger partial charge >= 0.3 is 12.0 Å². The molecule has 18 heavy (non-hydrogen) atoms. The zero-order chi connectivity index (χ0) is 13.4. The zero-order valence-corrected chi connectivity index (χ0v) is 10.4. The Hall–Kier alpha value is -1.56. The van der Waals surface area contributed by atoms with E-state index in [1.165, 1.54) is 4.90 Å². The highest BCUT2D eigenvalue weighted by atomic mass is 16.5. The van der Waals surface area contributed by atoms with Crippen LogP contribution in [0.15, 0.2) is 12.7 Å². The second kappa shape index (κ2) is 7.71. The molecule has 1 aliphatic heterocycles. The predicted octanol–water partition coefficient (Wildman–Crippen LogP) is 0.838. The smallest absolute Gasteiger partial charge is 0.326 e. The minimum Gasteiger partial charge on any atom is -0.480 e. The van der Waals surface area contributed by atoms with E-state index in [4.69, 9.17) is 9.84 Å². The second-order valence-electron chi connectivity index (χ2n) is 4.11. The summed E-state index contributed by atoms with van der Waals surface area (Å²) in [7, 11) is 0. The maximum Gasteiger partial charge on any atom is 0.326 e. The van der Waals surface area contributed by atoms with Crippen LogP contribution in [-0.4, -0.2) is 54.4 Å². The van der Waals surface area contributed by atoms with E-state index in [1.54, 1.807) is 6.08 Å². The van der Waals surface area contributed by atoms with Gasteiger partial charge in [0.25, 0.3) is 0 Å². The topological polar surface area (TPSA) is 78.9 Å². The van der Waals surface area contributed by atoms with Crippen molar-refractivity contribution in [2.45, 2.75) is 25.3 Å². The monoisotopic (exact) mass is 256 g/mol. The summed E-state index contributed by atoms with van der Waals surface area (Å²) in [4.78, 5) is 24.0. The van der Waals surface area contributed by atoms with Crippen LogP contribution in [0.2, 0.25) is 0 Å². The third-order valence-electron chi connectivity index (χ3n) is 2.79. The molecule has 0 aromatic carbocycles. The number of ether oxygens (including phenoxy) is 1. The molecule has 1 aliphatic rings. The lowest BCUT2D eigenvalue weighted by Gasteiger charge is -2.21. The lowest BCUT2D eigenvalue weighted by atomic mass is 10.2. The number of likely N-dealkylation sites (tertiary alicyclic amines) is 1. The number of rotatable bonds is 7. The Bertz CT molecular complexity index is 306. The standard InChI is InChI=1S/C12H20N2O4/c1-2-3-8-18-9-6-13-12(17)14-7-4-5-10(14)11(15)16/h2,10H,1,3-9H2,(H,13,17)(H,15,16). The Kier molecular flexibility index (Phi) is 6.21. The van der Waals surface area contributed by atoms with E-state index in [9.17, 15) is 9.59 Å². The maximum absolute atomic E-state index is 11.7.